The Balaban J connectivity index is 0.000000270. The molecule has 450 valence electrons. The molecule has 26 nitrogen and oxygen atoms in total. The molecular weight excluding hydrogens is 1080 g/mol. The summed E-state index contributed by atoms with van der Waals surface area (Å²) in [6.45, 7) is 25.8. The molecule has 0 spiro atoms. The Kier molecular flexibility index (Phi) is 23.0. The number of hydrogen-bond donors (Lipinski definition) is 7. The van der Waals surface area contributed by atoms with Gasteiger partial charge in [-0.25, -0.2) is 25.4 Å². The molecule has 0 saturated carbocycles. The summed E-state index contributed by atoms with van der Waals surface area (Å²) >= 11 is 0. The number of rotatable bonds is 19. The number of nitrogens with zero attached hydrogens (tertiary/aromatic N) is 9. The number of nitro groups is 3. The maximum absolute atomic E-state index is 12.0. The van der Waals surface area contributed by atoms with E-state index in [1.165, 1.54) is 26.7 Å². The molecule has 0 unspecified atom stereocenters. The molecule has 3 aromatic carbocycles. The Bertz CT molecular complexity index is 3350. The van der Waals surface area contributed by atoms with E-state index < -0.39 is 20.7 Å². The normalized spacial score (nSPS) is 11.1. The molecule has 0 bridgehead atoms. The highest BCUT2D eigenvalue weighted by atomic mass is 16.6. The zero-order chi connectivity index (χ0) is 63.0. The lowest BCUT2D eigenvalue weighted by Gasteiger charge is -2.28. The Hall–Kier alpha value is -9.59. The number of amides is 3. The van der Waals surface area contributed by atoms with Crippen LogP contribution in [0.25, 0.3) is 0 Å². The van der Waals surface area contributed by atoms with E-state index in [1.54, 1.807) is 80.0 Å². The van der Waals surface area contributed by atoms with E-state index >= 15 is 0 Å². The van der Waals surface area contributed by atoms with Gasteiger partial charge < -0.3 is 41.7 Å². The third kappa shape index (κ3) is 19.3. The largest absolute Gasteiger partial charge is 0.368 e. The van der Waals surface area contributed by atoms with E-state index in [9.17, 15) is 44.7 Å². The summed E-state index contributed by atoms with van der Waals surface area (Å²) in [4.78, 5) is 94.5. The summed E-state index contributed by atoms with van der Waals surface area (Å²) in [5.74, 6) is -0.444. The van der Waals surface area contributed by atoms with Crippen molar-refractivity contribution in [3.05, 3.63) is 149 Å². The smallest absolute Gasteiger partial charge is 0.353 e. The standard InChI is InChI=1S/C20H27N5O4.C20H27N5O3.C18H24N6O3/c1-13-7-8-14(19(26)23-29-6)11-15(13)22-18-17(25(27)28)16(9-10-21-18)24(5)12-20(2,3)4;1-13-7-8-14(19(26)21-5)11-15(13)23-18-17(25(27)28)16(9-10-22-18)24(6)12-20(2,3)4;1-11-6-7-12(17(25)19-5)8-13(11)23-16-14(24(26)27)15(21-10-22-16)20-9-18(2,3)4/h7-11H,12H2,1-6H3,(H,21,22)(H,23,26);7-11H,12H2,1-6H3,(H,21,26)(H,22,23);6-8,10H,9H2,1-5H3,(H,19,25)(H2,20,21,22,23). The first-order valence-electron chi connectivity index (χ1n) is 26.5. The summed E-state index contributed by atoms with van der Waals surface area (Å²) in [5.41, 5.74) is 7.99. The van der Waals surface area contributed by atoms with Crippen LogP contribution in [0, 0.1) is 67.4 Å². The van der Waals surface area contributed by atoms with Gasteiger partial charge in [0, 0.05) is 94.0 Å². The van der Waals surface area contributed by atoms with Crippen LogP contribution < -0.4 is 47.2 Å². The first kappa shape index (κ1) is 66.9. The number of anilines is 9. The predicted molar refractivity (Wildman–Crippen MR) is 329 cm³/mol. The van der Waals surface area contributed by atoms with Crippen LogP contribution in [0.3, 0.4) is 0 Å². The number of pyridine rings is 2. The summed E-state index contributed by atoms with van der Waals surface area (Å²) in [6, 6.07) is 18.5. The number of carbonyl (C=O) groups excluding carboxylic acids is 3. The van der Waals surface area contributed by atoms with Gasteiger partial charge in [0.2, 0.25) is 23.3 Å². The van der Waals surface area contributed by atoms with Gasteiger partial charge in [-0.15, -0.1) is 0 Å². The number of hydrogen-bond acceptors (Lipinski definition) is 20. The van der Waals surface area contributed by atoms with Crippen LogP contribution in [-0.2, 0) is 4.84 Å². The van der Waals surface area contributed by atoms with Gasteiger partial charge in [-0.2, -0.15) is 0 Å². The molecule has 26 heteroatoms. The minimum Gasteiger partial charge on any atom is -0.368 e. The lowest BCUT2D eigenvalue weighted by Crippen LogP contribution is -2.29. The number of hydroxylamine groups is 1. The molecule has 0 atom stereocenters. The average Bonchev–Trinajstić information content (AvgIpc) is 3.61. The molecule has 6 rings (SSSR count). The highest BCUT2D eigenvalue weighted by Crippen LogP contribution is 2.39. The fourth-order valence-corrected chi connectivity index (χ4v) is 8.28. The maximum atomic E-state index is 12.0. The van der Waals surface area contributed by atoms with Crippen molar-refractivity contribution in [2.45, 2.75) is 83.1 Å². The molecule has 0 saturated heterocycles. The van der Waals surface area contributed by atoms with Gasteiger partial charge in [0.15, 0.2) is 0 Å². The van der Waals surface area contributed by atoms with E-state index in [0.29, 0.717) is 64.8 Å². The third-order valence-electron chi connectivity index (χ3n) is 12.1. The Morgan fingerprint density at radius 1 is 0.512 bits per heavy atom. The lowest BCUT2D eigenvalue weighted by molar-refractivity contribution is -0.383. The van der Waals surface area contributed by atoms with Crippen molar-refractivity contribution in [1.29, 1.82) is 0 Å². The van der Waals surface area contributed by atoms with Crippen LogP contribution in [0.2, 0.25) is 0 Å². The molecule has 0 aliphatic heterocycles. The molecule has 3 heterocycles. The first-order chi connectivity index (χ1) is 39.2. The maximum Gasteiger partial charge on any atom is 0.353 e. The van der Waals surface area contributed by atoms with Crippen molar-refractivity contribution in [2.24, 2.45) is 16.2 Å². The summed E-state index contributed by atoms with van der Waals surface area (Å²) in [7, 11) is 8.08. The highest BCUT2D eigenvalue weighted by Gasteiger charge is 2.29. The van der Waals surface area contributed by atoms with Gasteiger partial charge in [-0.05, 0) is 102 Å². The molecule has 3 amide bonds. The van der Waals surface area contributed by atoms with Crippen molar-refractivity contribution >= 4 is 86.5 Å². The lowest BCUT2D eigenvalue weighted by atomic mass is 9.96. The van der Waals surface area contributed by atoms with Crippen molar-refractivity contribution in [3.63, 3.8) is 0 Å². The van der Waals surface area contributed by atoms with E-state index in [1.807, 2.05) is 65.4 Å². The SMILES string of the molecule is CNC(=O)c1ccc(C)c(Nc2nccc(N(C)CC(C)(C)C)c2[N+](=O)[O-])c1.CNC(=O)c1ccc(C)c(Nc2ncnc(NCC(C)(C)C)c2[N+](=O)[O-])c1.CONC(=O)c1ccc(C)c(Nc2nccc(N(C)CC(C)(C)C)c2[N+](=O)[O-])c1. The van der Waals surface area contributed by atoms with Gasteiger partial charge in [-0.3, -0.25) is 49.6 Å². The van der Waals surface area contributed by atoms with E-state index in [4.69, 9.17) is 0 Å². The zero-order valence-corrected chi connectivity index (χ0v) is 50.8. The van der Waals surface area contributed by atoms with Crippen LogP contribution in [-0.4, -0.2) is 107 Å². The molecule has 0 aliphatic carbocycles. The summed E-state index contributed by atoms with van der Waals surface area (Å²) in [5, 5.41) is 52.5. The second-order valence-corrected chi connectivity index (χ2v) is 23.3. The highest BCUT2D eigenvalue weighted by molar-refractivity contribution is 5.97. The Morgan fingerprint density at radius 2 is 0.857 bits per heavy atom. The van der Waals surface area contributed by atoms with Crippen LogP contribution in [0.5, 0.6) is 0 Å². The van der Waals surface area contributed by atoms with Gasteiger partial charge in [0.05, 0.1) is 21.9 Å². The van der Waals surface area contributed by atoms with Crippen LogP contribution in [0.1, 0.15) is 110 Å². The van der Waals surface area contributed by atoms with Gasteiger partial charge in [-0.1, -0.05) is 80.5 Å². The number of nitrogens with one attached hydrogen (secondary N) is 7. The fourth-order valence-electron chi connectivity index (χ4n) is 8.28. The molecular formula is C58H78N16O10. The zero-order valence-electron chi connectivity index (χ0n) is 50.8. The second kappa shape index (κ2) is 28.9. The van der Waals surface area contributed by atoms with E-state index in [2.05, 4.69) is 104 Å². The summed E-state index contributed by atoms with van der Waals surface area (Å²) < 4.78 is 0. The number of aryl methyl sites for hydroxylation is 3. The average molecular weight is 1160 g/mol. The molecule has 84 heavy (non-hydrogen) atoms. The van der Waals surface area contributed by atoms with Gasteiger partial charge >= 0.3 is 17.1 Å². The number of benzene rings is 3. The Morgan fingerprint density at radius 3 is 1.18 bits per heavy atom. The van der Waals surface area contributed by atoms with E-state index in [0.717, 1.165) is 16.7 Å². The molecule has 7 N–H and O–H groups in total. The van der Waals surface area contributed by atoms with Crippen LogP contribution in [0.15, 0.2) is 85.5 Å². The molecule has 0 fully saturated rings. The van der Waals surface area contributed by atoms with Crippen LogP contribution >= 0.6 is 0 Å². The Labute approximate surface area is 489 Å². The molecule has 0 radical (unpaired) electrons. The number of carbonyl (C=O) groups is 3. The monoisotopic (exact) mass is 1160 g/mol. The van der Waals surface area contributed by atoms with Crippen molar-refractivity contribution < 1.29 is 34.0 Å². The van der Waals surface area contributed by atoms with Crippen molar-refractivity contribution in [1.82, 2.24) is 36.0 Å². The van der Waals surface area contributed by atoms with Crippen LogP contribution in [0.4, 0.5) is 68.8 Å². The third-order valence-corrected chi connectivity index (χ3v) is 12.1. The molecule has 0 aliphatic rings. The first-order valence-corrected chi connectivity index (χ1v) is 26.5. The molecule has 3 aromatic heterocycles. The summed E-state index contributed by atoms with van der Waals surface area (Å²) in [6.07, 6.45) is 4.33. The molecule has 6 aromatic rings. The van der Waals surface area contributed by atoms with E-state index in [-0.39, 0.29) is 68.4 Å². The minimum absolute atomic E-state index is 0.0298. The van der Waals surface area contributed by atoms with Gasteiger partial charge in [0.25, 0.3) is 17.7 Å². The fraction of sp³-hybridized carbons (Fsp3) is 0.397. The minimum atomic E-state index is -0.523. The van der Waals surface area contributed by atoms with Crippen molar-refractivity contribution in [3.8, 4) is 0 Å². The number of aromatic nitrogens is 4. The predicted octanol–water partition coefficient (Wildman–Crippen LogP) is 11.0. The van der Waals surface area contributed by atoms with Crippen molar-refractivity contribution in [2.75, 3.05) is 86.0 Å². The van der Waals surface area contributed by atoms with Gasteiger partial charge in [0.1, 0.15) is 17.7 Å². The topological polar surface area (TPSA) is 332 Å². The second-order valence-electron chi connectivity index (χ2n) is 23.3. The quantitative estimate of drug-likeness (QED) is 0.0293.